The van der Waals surface area contributed by atoms with Crippen molar-refractivity contribution in [1.29, 1.82) is 0 Å². The third-order valence-electron chi connectivity index (χ3n) is 8.92. The van der Waals surface area contributed by atoms with Crippen LogP contribution in [0.3, 0.4) is 0 Å². The Balaban J connectivity index is 1.57. The van der Waals surface area contributed by atoms with Crippen LogP contribution in [-0.4, -0.2) is 53.6 Å². The summed E-state index contributed by atoms with van der Waals surface area (Å²) in [7, 11) is 1.58. The molecule has 1 atom stereocenters. The fraction of sp³-hybridized carbons (Fsp3) is 0.343. The van der Waals surface area contributed by atoms with Crippen LogP contribution in [0.15, 0.2) is 75.7 Å². The molecular formula is C35H37N5O5S. The molecule has 6 rings (SSSR count). The molecule has 238 valence electrons. The number of likely N-dealkylation sites (N-methyl/N-ethyl adjacent to an activating group) is 1. The lowest BCUT2D eigenvalue weighted by Gasteiger charge is -2.30. The monoisotopic (exact) mass is 639 g/mol. The molecule has 3 heterocycles. The van der Waals surface area contributed by atoms with Crippen LogP contribution < -0.4 is 24.5 Å². The third kappa shape index (κ3) is 5.49. The maximum Gasteiger partial charge on any atom is 0.293 e. The number of hydrogen-bond donors (Lipinski definition) is 0. The van der Waals surface area contributed by atoms with E-state index < -0.39 is 6.04 Å². The van der Waals surface area contributed by atoms with E-state index in [1.807, 2.05) is 56.3 Å². The quantitative estimate of drug-likeness (QED) is 0.195. The van der Waals surface area contributed by atoms with Crippen LogP contribution in [0.1, 0.15) is 57.2 Å². The highest BCUT2D eigenvalue weighted by atomic mass is 32.1. The fourth-order valence-electron chi connectivity index (χ4n) is 6.62. The van der Waals surface area contributed by atoms with Gasteiger partial charge in [0.2, 0.25) is 0 Å². The number of carbonyl (C=O) groups excluding carboxylic acids is 1. The van der Waals surface area contributed by atoms with Crippen LogP contribution >= 0.6 is 11.3 Å². The summed E-state index contributed by atoms with van der Waals surface area (Å²) in [5.41, 5.74) is 2.49. The fourth-order valence-corrected chi connectivity index (χ4v) is 7.66. The molecule has 10 nitrogen and oxygen atoms in total. The molecule has 4 aromatic rings. The van der Waals surface area contributed by atoms with Crippen molar-refractivity contribution >= 4 is 45.5 Å². The van der Waals surface area contributed by atoms with Gasteiger partial charge >= 0.3 is 0 Å². The van der Waals surface area contributed by atoms with Crippen LogP contribution in [0.25, 0.3) is 16.8 Å². The molecule has 1 fully saturated rings. The van der Waals surface area contributed by atoms with E-state index in [2.05, 4.69) is 4.90 Å². The molecule has 0 N–H and O–H groups in total. The van der Waals surface area contributed by atoms with Crippen molar-refractivity contribution in [2.75, 3.05) is 38.2 Å². The van der Waals surface area contributed by atoms with E-state index in [9.17, 15) is 19.7 Å². The molecule has 11 heteroatoms. The topological polar surface area (TPSA) is 110 Å². The number of hydrogen-bond acceptors (Lipinski definition) is 8. The molecule has 1 saturated heterocycles. The van der Waals surface area contributed by atoms with Gasteiger partial charge in [0.25, 0.3) is 17.2 Å². The summed E-state index contributed by atoms with van der Waals surface area (Å²) in [4.78, 5) is 49.4. The highest BCUT2D eigenvalue weighted by Crippen LogP contribution is 2.40. The maximum atomic E-state index is 14.4. The largest absolute Gasteiger partial charge is 0.496 e. The van der Waals surface area contributed by atoms with Crippen LogP contribution in [0.2, 0.25) is 0 Å². The number of anilines is 1. The molecule has 46 heavy (non-hydrogen) atoms. The number of amides is 1. The Hall–Kier alpha value is -4.77. The van der Waals surface area contributed by atoms with Crippen molar-refractivity contribution in [3.05, 3.63) is 107 Å². The number of nitrogens with zero attached hydrogens (tertiary/aromatic N) is 5. The SMILES string of the molecule is CCN(CC)C(=O)C1=C(C)N=c2s/c(=C\c3ccc(N4CCCCC4)c([N+](=O)[O-])c3)c(=O)n2[C@@H]1c1c(OC)ccc2ccccc12. The number of ether oxygens (including phenoxy) is 1. The van der Waals surface area contributed by atoms with Crippen molar-refractivity contribution in [1.82, 2.24) is 9.47 Å². The standard InChI is InChI=1S/C35H37N5O5S/c1-5-37(6-2)34(42)30-22(3)36-35-39(32(30)31-25-13-9-8-12-24(25)15-17-28(31)45-4)33(41)29(46-35)21-23-14-16-26(27(20-23)40(43)44)38-18-10-7-11-19-38/h8-9,12-17,20-21,32H,5-7,10-11,18-19H2,1-4H3/b29-21-/t32-/m0/s1. The summed E-state index contributed by atoms with van der Waals surface area (Å²) in [6.07, 6.45) is 4.80. The van der Waals surface area contributed by atoms with Crippen molar-refractivity contribution < 1.29 is 14.5 Å². The Morgan fingerprint density at radius 3 is 2.54 bits per heavy atom. The first-order chi connectivity index (χ1) is 22.3. The molecule has 1 amide bonds. The number of aromatic nitrogens is 1. The molecular weight excluding hydrogens is 602 g/mol. The molecule has 0 radical (unpaired) electrons. The van der Waals surface area contributed by atoms with E-state index in [0.29, 0.717) is 56.3 Å². The van der Waals surface area contributed by atoms with Gasteiger partial charge in [-0.25, -0.2) is 4.99 Å². The number of carbonyl (C=O) groups is 1. The average Bonchev–Trinajstić information content (AvgIpc) is 3.37. The lowest BCUT2D eigenvalue weighted by Crippen LogP contribution is -2.43. The Kier molecular flexibility index (Phi) is 8.77. The number of nitro benzene ring substituents is 1. The van der Waals surface area contributed by atoms with Gasteiger partial charge in [-0.2, -0.15) is 0 Å². The van der Waals surface area contributed by atoms with Gasteiger partial charge in [-0.1, -0.05) is 47.7 Å². The van der Waals surface area contributed by atoms with Crippen molar-refractivity contribution in [2.24, 2.45) is 4.99 Å². The minimum absolute atomic E-state index is 0.0183. The second kappa shape index (κ2) is 12.9. The zero-order valence-electron chi connectivity index (χ0n) is 26.5. The zero-order chi connectivity index (χ0) is 32.5. The minimum Gasteiger partial charge on any atom is -0.496 e. The minimum atomic E-state index is -0.802. The smallest absolute Gasteiger partial charge is 0.293 e. The van der Waals surface area contributed by atoms with Gasteiger partial charge in [-0.3, -0.25) is 24.3 Å². The zero-order valence-corrected chi connectivity index (χ0v) is 27.3. The third-order valence-corrected chi connectivity index (χ3v) is 9.90. The van der Waals surface area contributed by atoms with Gasteiger partial charge in [-0.15, -0.1) is 0 Å². The molecule has 0 unspecified atom stereocenters. The molecule has 0 spiro atoms. The Morgan fingerprint density at radius 2 is 1.85 bits per heavy atom. The van der Waals surface area contributed by atoms with E-state index in [1.54, 1.807) is 35.6 Å². The number of benzene rings is 3. The lowest BCUT2D eigenvalue weighted by molar-refractivity contribution is -0.384. The van der Waals surface area contributed by atoms with E-state index in [-0.39, 0.29) is 22.1 Å². The number of fused-ring (bicyclic) bond motifs is 2. The average molecular weight is 640 g/mol. The molecule has 1 aromatic heterocycles. The highest BCUT2D eigenvalue weighted by Gasteiger charge is 2.36. The van der Waals surface area contributed by atoms with Gasteiger partial charge in [0.1, 0.15) is 17.5 Å². The van der Waals surface area contributed by atoms with Gasteiger partial charge in [0.05, 0.1) is 27.8 Å². The van der Waals surface area contributed by atoms with Crippen molar-refractivity contribution in [3.63, 3.8) is 0 Å². The number of thiazole rings is 1. The number of allylic oxidation sites excluding steroid dienone is 1. The molecule has 2 aliphatic rings. The van der Waals surface area contributed by atoms with Crippen LogP contribution in [0.4, 0.5) is 11.4 Å². The first kappa shape index (κ1) is 31.2. The number of piperidine rings is 1. The summed E-state index contributed by atoms with van der Waals surface area (Å²) >= 11 is 1.21. The number of rotatable bonds is 8. The molecule has 0 saturated carbocycles. The first-order valence-electron chi connectivity index (χ1n) is 15.7. The molecule has 0 bridgehead atoms. The van der Waals surface area contributed by atoms with Crippen LogP contribution in [0.5, 0.6) is 5.75 Å². The van der Waals surface area contributed by atoms with E-state index >= 15 is 0 Å². The summed E-state index contributed by atoms with van der Waals surface area (Å²) in [6, 6.07) is 16.0. The Labute approximate surface area is 270 Å². The van der Waals surface area contributed by atoms with Crippen LogP contribution in [0, 0.1) is 10.1 Å². The second-order valence-electron chi connectivity index (χ2n) is 11.5. The normalized spacial score (nSPS) is 16.7. The molecule has 3 aromatic carbocycles. The van der Waals surface area contributed by atoms with E-state index in [1.165, 1.54) is 17.4 Å². The summed E-state index contributed by atoms with van der Waals surface area (Å²) < 4.78 is 7.82. The molecule has 2 aliphatic heterocycles. The number of nitro groups is 1. The lowest BCUT2D eigenvalue weighted by atomic mass is 9.90. The first-order valence-corrected chi connectivity index (χ1v) is 16.5. The van der Waals surface area contributed by atoms with Crippen molar-refractivity contribution in [3.8, 4) is 5.75 Å². The Morgan fingerprint density at radius 1 is 1.11 bits per heavy atom. The predicted molar refractivity (Wildman–Crippen MR) is 181 cm³/mol. The highest BCUT2D eigenvalue weighted by molar-refractivity contribution is 7.07. The van der Waals surface area contributed by atoms with Gasteiger partial charge in [-0.05, 0) is 74.6 Å². The Bertz CT molecular complexity index is 2050. The predicted octanol–water partition coefficient (Wildman–Crippen LogP) is 5.16. The summed E-state index contributed by atoms with van der Waals surface area (Å²) in [5.74, 6) is 0.367. The van der Waals surface area contributed by atoms with Gasteiger partial charge < -0.3 is 14.5 Å². The van der Waals surface area contributed by atoms with Gasteiger partial charge in [0.15, 0.2) is 4.80 Å². The second-order valence-corrected chi connectivity index (χ2v) is 12.5. The van der Waals surface area contributed by atoms with Crippen LogP contribution in [-0.2, 0) is 4.79 Å². The maximum absolute atomic E-state index is 14.4. The number of methoxy groups -OCH3 is 1. The van der Waals surface area contributed by atoms with Crippen molar-refractivity contribution in [2.45, 2.75) is 46.1 Å². The summed E-state index contributed by atoms with van der Waals surface area (Å²) in [6.45, 7) is 8.23. The van der Waals surface area contributed by atoms with E-state index in [4.69, 9.17) is 9.73 Å². The molecule has 0 aliphatic carbocycles. The van der Waals surface area contributed by atoms with E-state index in [0.717, 1.165) is 43.1 Å². The summed E-state index contributed by atoms with van der Waals surface area (Å²) in [5, 5.41) is 14.0. The van der Waals surface area contributed by atoms with Gasteiger partial charge in [0, 0.05) is 37.8 Å².